The third-order valence-electron chi connectivity index (χ3n) is 1.28. The summed E-state index contributed by atoms with van der Waals surface area (Å²) < 4.78 is 12.1. The molecule has 1 N–H and O–H groups in total. The number of hydrogen-bond acceptors (Lipinski definition) is 2. The maximum absolute atomic E-state index is 12.1. The Labute approximate surface area is 47.1 Å². The highest BCUT2D eigenvalue weighted by molar-refractivity contribution is 5.58. The molecule has 0 amide bonds. The van der Waals surface area contributed by atoms with Crippen molar-refractivity contribution in [3.63, 3.8) is 0 Å². The number of carbonyl (C=O) groups is 1. The van der Waals surface area contributed by atoms with E-state index in [0.717, 1.165) is 6.29 Å². The van der Waals surface area contributed by atoms with Crippen LogP contribution < -0.4 is 5.32 Å². The van der Waals surface area contributed by atoms with Gasteiger partial charge in [-0.3, -0.25) is 0 Å². The quantitative estimate of drug-likeness (QED) is 0.485. The second-order valence-electron chi connectivity index (χ2n) is 1.98. The molecule has 1 fully saturated rings. The molecule has 0 spiro atoms. The van der Waals surface area contributed by atoms with E-state index < -0.39 is 6.17 Å². The van der Waals surface area contributed by atoms with Crippen molar-refractivity contribution in [1.29, 1.82) is 0 Å². The van der Waals surface area contributed by atoms with Gasteiger partial charge in [-0.1, -0.05) is 0 Å². The van der Waals surface area contributed by atoms with Gasteiger partial charge < -0.3 is 10.1 Å². The third kappa shape index (κ3) is 1.04. The van der Waals surface area contributed by atoms with Crippen LogP contribution in [0.3, 0.4) is 0 Å². The maximum Gasteiger partial charge on any atom is 0.137 e. The predicted octanol–water partition coefficient (Wildman–Crippen LogP) is -0.115. The summed E-state index contributed by atoms with van der Waals surface area (Å²) in [6.07, 6.45) is 0.286. The van der Waals surface area contributed by atoms with Crippen molar-refractivity contribution in [3.05, 3.63) is 0 Å². The molecule has 1 rings (SSSR count). The van der Waals surface area contributed by atoms with Crippen LogP contribution in [0.4, 0.5) is 4.39 Å². The predicted molar refractivity (Wildman–Crippen MR) is 27.4 cm³/mol. The van der Waals surface area contributed by atoms with E-state index in [0.29, 0.717) is 13.0 Å². The largest absolute Gasteiger partial charge is 0.305 e. The minimum Gasteiger partial charge on any atom is -0.305 e. The molecule has 3 heteroatoms. The molecule has 1 saturated heterocycles. The SMILES string of the molecule is O=C[C@@H]1C[C@@H](F)CN1. The topological polar surface area (TPSA) is 29.1 Å². The Morgan fingerprint density at radius 1 is 1.75 bits per heavy atom. The summed E-state index contributed by atoms with van der Waals surface area (Å²) in [5, 5.41) is 2.71. The van der Waals surface area contributed by atoms with E-state index in [1.54, 1.807) is 0 Å². The smallest absolute Gasteiger partial charge is 0.137 e. The van der Waals surface area contributed by atoms with Gasteiger partial charge in [-0.05, 0) is 0 Å². The summed E-state index contributed by atoms with van der Waals surface area (Å²) in [7, 11) is 0. The first-order valence-electron chi connectivity index (χ1n) is 2.65. The van der Waals surface area contributed by atoms with Crippen LogP contribution in [0.15, 0.2) is 0 Å². The fourth-order valence-electron chi connectivity index (χ4n) is 0.825. The standard InChI is InChI=1S/C5H8FNO/c6-4-1-5(3-8)7-2-4/h3-5,7H,1-2H2/t4-,5+/m1/s1. The van der Waals surface area contributed by atoms with Crippen LogP contribution in [-0.2, 0) is 4.79 Å². The number of nitrogens with one attached hydrogen (secondary N) is 1. The lowest BCUT2D eigenvalue weighted by Crippen LogP contribution is -2.22. The van der Waals surface area contributed by atoms with Crippen LogP contribution in [-0.4, -0.2) is 25.0 Å². The molecule has 0 radical (unpaired) electrons. The Morgan fingerprint density at radius 2 is 2.50 bits per heavy atom. The lowest BCUT2D eigenvalue weighted by Gasteiger charge is -1.93. The first-order chi connectivity index (χ1) is 3.83. The van der Waals surface area contributed by atoms with Gasteiger partial charge in [-0.2, -0.15) is 0 Å². The fraction of sp³-hybridized carbons (Fsp3) is 0.800. The normalized spacial score (nSPS) is 37.6. The Hall–Kier alpha value is -0.440. The van der Waals surface area contributed by atoms with Crippen molar-refractivity contribution in [2.24, 2.45) is 0 Å². The molecule has 0 aromatic rings. The average molecular weight is 117 g/mol. The molecule has 0 aliphatic carbocycles. The molecule has 0 aromatic heterocycles. The van der Waals surface area contributed by atoms with E-state index >= 15 is 0 Å². The third-order valence-corrected chi connectivity index (χ3v) is 1.28. The summed E-state index contributed by atoms with van der Waals surface area (Å²) in [5.41, 5.74) is 0. The summed E-state index contributed by atoms with van der Waals surface area (Å²) in [6.45, 7) is 0.337. The van der Waals surface area contributed by atoms with Gasteiger partial charge in [0.2, 0.25) is 0 Å². The Kier molecular flexibility index (Phi) is 1.58. The van der Waals surface area contributed by atoms with Crippen LogP contribution in [0.2, 0.25) is 0 Å². The van der Waals surface area contributed by atoms with Gasteiger partial charge in [-0.25, -0.2) is 4.39 Å². The zero-order valence-electron chi connectivity index (χ0n) is 4.43. The molecule has 1 heterocycles. The van der Waals surface area contributed by atoms with Gasteiger partial charge in [0, 0.05) is 13.0 Å². The fourth-order valence-corrected chi connectivity index (χ4v) is 0.825. The summed E-state index contributed by atoms with van der Waals surface area (Å²) in [4.78, 5) is 9.92. The summed E-state index contributed by atoms with van der Waals surface area (Å²) >= 11 is 0. The minimum absolute atomic E-state index is 0.231. The molecule has 0 unspecified atom stereocenters. The van der Waals surface area contributed by atoms with Crippen molar-refractivity contribution in [2.75, 3.05) is 6.54 Å². The lowest BCUT2D eigenvalue weighted by atomic mass is 10.2. The van der Waals surface area contributed by atoms with Crippen molar-refractivity contribution < 1.29 is 9.18 Å². The molecular formula is C5H8FNO. The number of halogens is 1. The van der Waals surface area contributed by atoms with E-state index in [4.69, 9.17) is 0 Å². The van der Waals surface area contributed by atoms with Gasteiger partial charge >= 0.3 is 0 Å². The number of carbonyl (C=O) groups excluding carboxylic acids is 1. The highest BCUT2D eigenvalue weighted by Gasteiger charge is 2.21. The van der Waals surface area contributed by atoms with Crippen molar-refractivity contribution in [1.82, 2.24) is 5.32 Å². The van der Waals surface area contributed by atoms with Crippen LogP contribution in [0, 0.1) is 0 Å². The molecule has 8 heavy (non-hydrogen) atoms. The molecular weight excluding hydrogens is 109 g/mol. The average Bonchev–Trinajstić information content (AvgIpc) is 2.14. The lowest BCUT2D eigenvalue weighted by molar-refractivity contribution is -0.109. The van der Waals surface area contributed by atoms with E-state index in [1.165, 1.54) is 0 Å². The highest BCUT2D eigenvalue weighted by atomic mass is 19.1. The molecule has 46 valence electrons. The molecule has 0 aromatic carbocycles. The zero-order valence-corrected chi connectivity index (χ0v) is 4.43. The summed E-state index contributed by atoms with van der Waals surface area (Å²) in [5.74, 6) is 0. The van der Waals surface area contributed by atoms with Crippen molar-refractivity contribution >= 4 is 6.29 Å². The second-order valence-corrected chi connectivity index (χ2v) is 1.98. The minimum atomic E-state index is -0.815. The van der Waals surface area contributed by atoms with Gasteiger partial charge in [0.1, 0.15) is 12.5 Å². The van der Waals surface area contributed by atoms with Gasteiger partial charge in [0.05, 0.1) is 6.04 Å². The number of aldehydes is 1. The number of hydrogen-bond donors (Lipinski definition) is 1. The van der Waals surface area contributed by atoms with Gasteiger partial charge in [-0.15, -0.1) is 0 Å². The van der Waals surface area contributed by atoms with Crippen LogP contribution >= 0.6 is 0 Å². The Morgan fingerprint density at radius 3 is 2.75 bits per heavy atom. The van der Waals surface area contributed by atoms with Crippen molar-refractivity contribution in [3.8, 4) is 0 Å². The summed E-state index contributed by atoms with van der Waals surface area (Å²) in [6, 6.07) is -0.231. The van der Waals surface area contributed by atoms with E-state index in [9.17, 15) is 9.18 Å². The molecule has 2 atom stereocenters. The van der Waals surface area contributed by atoms with Crippen LogP contribution in [0.5, 0.6) is 0 Å². The molecule has 2 nitrogen and oxygen atoms in total. The molecule has 0 saturated carbocycles. The molecule has 0 bridgehead atoms. The monoisotopic (exact) mass is 117 g/mol. The Bertz CT molecular complexity index is 96.4. The first-order valence-corrected chi connectivity index (χ1v) is 2.65. The number of alkyl halides is 1. The van der Waals surface area contributed by atoms with Gasteiger partial charge in [0.25, 0.3) is 0 Å². The van der Waals surface area contributed by atoms with Gasteiger partial charge in [0.15, 0.2) is 0 Å². The van der Waals surface area contributed by atoms with E-state index in [1.807, 2.05) is 0 Å². The van der Waals surface area contributed by atoms with Crippen LogP contribution in [0.25, 0.3) is 0 Å². The van der Waals surface area contributed by atoms with Crippen molar-refractivity contribution in [2.45, 2.75) is 18.6 Å². The second kappa shape index (κ2) is 2.22. The van der Waals surface area contributed by atoms with E-state index in [-0.39, 0.29) is 6.04 Å². The molecule has 1 aliphatic rings. The Balaban J connectivity index is 2.32. The van der Waals surface area contributed by atoms with Crippen LogP contribution in [0.1, 0.15) is 6.42 Å². The highest BCUT2D eigenvalue weighted by Crippen LogP contribution is 2.06. The molecule has 1 aliphatic heterocycles. The first kappa shape index (κ1) is 5.69. The maximum atomic E-state index is 12.1. The zero-order chi connectivity index (χ0) is 5.98. The van der Waals surface area contributed by atoms with E-state index in [2.05, 4.69) is 5.32 Å². The number of rotatable bonds is 1.